The Balaban J connectivity index is 0.000000490. The molecule has 4 nitrogen and oxygen atoms in total. The Morgan fingerprint density at radius 1 is 1.38 bits per heavy atom. The Bertz CT molecular complexity index is 110. The number of hydrogen-bond acceptors (Lipinski definition) is 2. The molecule has 0 aromatic rings. The quantitative estimate of drug-likeness (QED) is 0.315. The zero-order valence-electron chi connectivity index (χ0n) is 4.52. The van der Waals surface area contributed by atoms with Crippen LogP contribution in [-0.4, -0.2) is 69.9 Å². The monoisotopic (exact) mass is 139 g/mol. The molecule has 2 N–H and O–H groups in total. The molecule has 0 aliphatic carbocycles. The van der Waals surface area contributed by atoms with E-state index in [4.69, 9.17) is 0 Å². The molecule has 0 atom stereocenters. The van der Waals surface area contributed by atoms with E-state index in [1.165, 1.54) is 0 Å². The van der Waals surface area contributed by atoms with Gasteiger partial charge in [-0.15, -0.1) is 0 Å². The molecule has 8 heavy (non-hydrogen) atoms. The number of amides is 3. The van der Waals surface area contributed by atoms with Gasteiger partial charge in [0.2, 0.25) is 5.91 Å². The maximum atomic E-state index is 10.1. The summed E-state index contributed by atoms with van der Waals surface area (Å²) in [6.45, 7) is 0.124. The maximum absolute atomic E-state index is 10.1. The SMILES string of the molecule is O=C1CNC(=O)N1.[K]. The van der Waals surface area contributed by atoms with Crippen molar-refractivity contribution in [2.75, 3.05) is 6.54 Å². The number of nitrogens with one attached hydrogen (secondary N) is 2. The molecular weight excluding hydrogens is 135 g/mol. The summed E-state index contributed by atoms with van der Waals surface area (Å²) in [4.78, 5) is 20.1. The molecule has 0 saturated carbocycles. The van der Waals surface area contributed by atoms with E-state index in [-0.39, 0.29) is 63.8 Å². The van der Waals surface area contributed by atoms with Gasteiger partial charge in [0.15, 0.2) is 0 Å². The summed E-state index contributed by atoms with van der Waals surface area (Å²) in [5, 5.41) is 4.30. The Morgan fingerprint density at radius 2 is 2.00 bits per heavy atom. The minimum Gasteiger partial charge on any atom is -0.329 e. The second-order valence-electron chi connectivity index (χ2n) is 1.23. The van der Waals surface area contributed by atoms with E-state index < -0.39 is 6.03 Å². The molecule has 0 unspecified atom stereocenters. The second-order valence-corrected chi connectivity index (χ2v) is 1.23. The minimum absolute atomic E-state index is 0. The molecule has 1 saturated heterocycles. The fourth-order valence-electron chi connectivity index (χ4n) is 0.376. The molecule has 3 amide bonds. The van der Waals surface area contributed by atoms with Crippen LogP contribution >= 0.6 is 0 Å². The molecule has 1 aliphatic rings. The van der Waals surface area contributed by atoms with Crippen LogP contribution in [0.3, 0.4) is 0 Å². The third kappa shape index (κ3) is 2.23. The summed E-state index contributed by atoms with van der Waals surface area (Å²) < 4.78 is 0. The molecule has 1 aliphatic heterocycles. The zero-order chi connectivity index (χ0) is 5.28. The van der Waals surface area contributed by atoms with Crippen LogP contribution in [0.25, 0.3) is 0 Å². The zero-order valence-corrected chi connectivity index (χ0v) is 7.65. The van der Waals surface area contributed by atoms with E-state index in [1.54, 1.807) is 0 Å². The smallest absolute Gasteiger partial charge is 0.321 e. The van der Waals surface area contributed by atoms with Crippen LogP contribution in [0.15, 0.2) is 0 Å². The van der Waals surface area contributed by atoms with Gasteiger partial charge in [-0.25, -0.2) is 4.79 Å². The van der Waals surface area contributed by atoms with Gasteiger partial charge in [-0.3, -0.25) is 10.1 Å². The van der Waals surface area contributed by atoms with Crippen molar-refractivity contribution in [1.82, 2.24) is 10.6 Å². The molecule has 39 valence electrons. The fourth-order valence-corrected chi connectivity index (χ4v) is 0.376. The molecular formula is C3H4KN2O2. The average Bonchev–Trinajstić information content (AvgIpc) is 1.87. The van der Waals surface area contributed by atoms with Crippen molar-refractivity contribution in [3.8, 4) is 0 Å². The number of imide groups is 1. The molecule has 1 heterocycles. The van der Waals surface area contributed by atoms with Gasteiger partial charge >= 0.3 is 6.03 Å². The minimum atomic E-state index is -0.398. The van der Waals surface area contributed by atoms with Crippen LogP contribution in [0, 0.1) is 0 Å². The standard InChI is InChI=1S/C3H4N2O2.K/c6-2-1-4-3(7)5-2;/h1H2,(H2,4,5,6,7);. The van der Waals surface area contributed by atoms with E-state index >= 15 is 0 Å². The molecule has 1 fully saturated rings. The van der Waals surface area contributed by atoms with Gasteiger partial charge < -0.3 is 5.32 Å². The molecule has 5 heteroatoms. The van der Waals surface area contributed by atoms with Crippen molar-refractivity contribution in [3.05, 3.63) is 0 Å². The van der Waals surface area contributed by atoms with Gasteiger partial charge in [-0.1, -0.05) is 0 Å². The van der Waals surface area contributed by atoms with E-state index in [9.17, 15) is 9.59 Å². The normalized spacial score (nSPS) is 16.5. The summed E-state index contributed by atoms with van der Waals surface area (Å²) in [5.74, 6) is -0.259. The summed E-state index contributed by atoms with van der Waals surface area (Å²) in [6.07, 6.45) is 0. The maximum Gasteiger partial charge on any atom is 0.321 e. The Kier molecular flexibility index (Phi) is 3.83. The third-order valence-corrected chi connectivity index (χ3v) is 0.662. The topological polar surface area (TPSA) is 58.2 Å². The van der Waals surface area contributed by atoms with Crippen molar-refractivity contribution in [1.29, 1.82) is 0 Å². The van der Waals surface area contributed by atoms with Crippen molar-refractivity contribution in [2.45, 2.75) is 0 Å². The van der Waals surface area contributed by atoms with Crippen molar-refractivity contribution >= 4 is 63.3 Å². The van der Waals surface area contributed by atoms with Gasteiger partial charge in [0.05, 0.1) is 6.54 Å². The molecule has 0 aromatic heterocycles. The summed E-state index contributed by atoms with van der Waals surface area (Å²) in [5.41, 5.74) is 0. The van der Waals surface area contributed by atoms with Gasteiger partial charge in [-0.2, -0.15) is 0 Å². The predicted molar refractivity (Wildman–Crippen MR) is 27.3 cm³/mol. The van der Waals surface area contributed by atoms with Crippen molar-refractivity contribution in [2.24, 2.45) is 0 Å². The van der Waals surface area contributed by atoms with Crippen LogP contribution in [0.5, 0.6) is 0 Å². The number of carbonyl (C=O) groups excluding carboxylic acids is 2. The predicted octanol–water partition coefficient (Wildman–Crippen LogP) is -1.55. The van der Waals surface area contributed by atoms with Gasteiger partial charge in [0, 0.05) is 51.4 Å². The molecule has 1 rings (SSSR count). The van der Waals surface area contributed by atoms with Gasteiger partial charge in [0.25, 0.3) is 0 Å². The Labute approximate surface area is 88.8 Å². The van der Waals surface area contributed by atoms with E-state index in [0.717, 1.165) is 0 Å². The first-order chi connectivity index (χ1) is 3.29. The number of hydrogen-bond donors (Lipinski definition) is 2. The third-order valence-electron chi connectivity index (χ3n) is 0.662. The van der Waals surface area contributed by atoms with Crippen molar-refractivity contribution < 1.29 is 9.59 Å². The number of urea groups is 1. The Morgan fingerprint density at radius 3 is 2.12 bits per heavy atom. The number of rotatable bonds is 0. The fraction of sp³-hybridized carbons (Fsp3) is 0.333. The first-order valence-corrected chi connectivity index (χ1v) is 1.87. The van der Waals surface area contributed by atoms with Gasteiger partial charge in [-0.05, 0) is 0 Å². The van der Waals surface area contributed by atoms with Crippen LogP contribution in [0.4, 0.5) is 4.79 Å². The second kappa shape index (κ2) is 3.57. The summed E-state index contributed by atoms with van der Waals surface area (Å²) >= 11 is 0. The largest absolute Gasteiger partial charge is 0.329 e. The summed E-state index contributed by atoms with van der Waals surface area (Å²) in [7, 11) is 0. The van der Waals surface area contributed by atoms with E-state index in [1.807, 2.05) is 5.32 Å². The summed E-state index contributed by atoms with van der Waals surface area (Å²) in [6, 6.07) is -0.398. The molecule has 0 spiro atoms. The molecule has 1 radical (unpaired) electrons. The van der Waals surface area contributed by atoms with E-state index in [2.05, 4.69) is 5.32 Å². The number of carbonyl (C=O) groups is 2. The van der Waals surface area contributed by atoms with Crippen LogP contribution < -0.4 is 10.6 Å². The first kappa shape index (κ1) is 8.58. The first-order valence-electron chi connectivity index (χ1n) is 1.87. The molecule has 0 bridgehead atoms. The average molecular weight is 139 g/mol. The molecule has 0 aromatic carbocycles. The van der Waals surface area contributed by atoms with Crippen LogP contribution in [0.2, 0.25) is 0 Å². The van der Waals surface area contributed by atoms with Crippen molar-refractivity contribution in [3.63, 3.8) is 0 Å². The Hall–Kier alpha value is 0.576. The van der Waals surface area contributed by atoms with E-state index in [0.29, 0.717) is 0 Å². The van der Waals surface area contributed by atoms with Gasteiger partial charge in [0.1, 0.15) is 0 Å². The van der Waals surface area contributed by atoms with Crippen LogP contribution in [0.1, 0.15) is 0 Å². The van der Waals surface area contributed by atoms with Crippen LogP contribution in [-0.2, 0) is 4.79 Å².